The van der Waals surface area contributed by atoms with Crippen LogP contribution < -0.4 is 5.32 Å². The zero-order chi connectivity index (χ0) is 7.40. The Balaban J connectivity index is 2.47. The molecule has 0 saturated carbocycles. The lowest BCUT2D eigenvalue weighted by atomic mass is 10.2. The second kappa shape index (κ2) is 3.06. The average Bonchev–Trinajstić information content (AvgIpc) is 1.88. The Kier molecular flexibility index (Phi) is 2.10. The highest BCUT2D eigenvalue weighted by atomic mass is 16.4. The third-order valence-electron chi connectivity index (χ3n) is 1.16. The zero-order valence-electron chi connectivity index (χ0n) is 5.45. The van der Waals surface area contributed by atoms with Crippen LogP contribution in [0.15, 0.2) is 23.9 Å². The fourth-order valence-corrected chi connectivity index (χ4v) is 0.732. The van der Waals surface area contributed by atoms with Crippen molar-refractivity contribution in [2.45, 2.75) is 6.42 Å². The van der Waals surface area contributed by atoms with Crippen LogP contribution in [0.5, 0.6) is 0 Å². The Morgan fingerprint density at radius 1 is 1.80 bits per heavy atom. The van der Waals surface area contributed by atoms with Crippen LogP contribution in [0, 0.1) is 0 Å². The number of carboxylic acids is 1. The van der Waals surface area contributed by atoms with E-state index < -0.39 is 5.97 Å². The quantitative estimate of drug-likeness (QED) is 0.604. The molecule has 1 rings (SSSR count). The van der Waals surface area contributed by atoms with E-state index in [0.717, 1.165) is 0 Å². The average molecular weight is 138 g/mol. The van der Waals surface area contributed by atoms with Crippen molar-refractivity contribution >= 4 is 5.97 Å². The molecule has 1 heterocycles. The lowest BCUT2D eigenvalue weighted by molar-refractivity contribution is -0.136. The first-order valence-corrected chi connectivity index (χ1v) is 3.04. The van der Waals surface area contributed by atoms with Crippen LogP contribution in [-0.2, 0) is 4.79 Å². The molecule has 1 aliphatic rings. The summed E-state index contributed by atoms with van der Waals surface area (Å²) in [4.78, 5) is 10.1. The first-order valence-electron chi connectivity index (χ1n) is 3.04. The second-order valence-corrected chi connectivity index (χ2v) is 2.00. The smallest absolute Gasteiger partial charge is 0.309 e. The van der Waals surface area contributed by atoms with Crippen LogP contribution in [0.25, 0.3) is 0 Å². The van der Waals surface area contributed by atoms with Gasteiger partial charge in [0.1, 0.15) is 0 Å². The number of allylic oxidation sites excluding steroid dienone is 2. The molecule has 3 nitrogen and oxygen atoms in total. The summed E-state index contributed by atoms with van der Waals surface area (Å²) in [6.45, 7) is 0.610. The number of hydrogen-bond donors (Lipinski definition) is 1. The molecule has 1 radical (unpaired) electrons. The maximum Gasteiger partial charge on any atom is 0.309 e. The first-order chi connectivity index (χ1) is 4.79. The number of carboxylic acid groups (broad SMARTS) is 1. The van der Waals surface area contributed by atoms with E-state index in [9.17, 15) is 4.79 Å². The van der Waals surface area contributed by atoms with E-state index >= 15 is 0 Å². The summed E-state index contributed by atoms with van der Waals surface area (Å²) in [6, 6.07) is 0. The highest BCUT2D eigenvalue weighted by molar-refractivity contribution is 5.70. The number of carbonyl (C=O) groups is 1. The molecule has 0 amide bonds. The molecule has 0 aromatic carbocycles. The number of nitrogens with zero attached hydrogens (tertiary/aromatic N) is 1. The standard InChI is InChI=1S/C7H8NO2/c9-7(10)5-6-3-1-2-4-8-6/h1-3H,4-5H2,(H,9,10). The Bertz CT molecular complexity index is 194. The zero-order valence-corrected chi connectivity index (χ0v) is 5.45. The minimum atomic E-state index is -0.828. The van der Waals surface area contributed by atoms with Crippen LogP contribution in [0.2, 0.25) is 0 Å². The normalized spacial score (nSPS) is 15.8. The van der Waals surface area contributed by atoms with Gasteiger partial charge in [-0.1, -0.05) is 12.2 Å². The minimum absolute atomic E-state index is 0.0321. The second-order valence-electron chi connectivity index (χ2n) is 2.00. The highest BCUT2D eigenvalue weighted by Gasteiger charge is 2.04. The van der Waals surface area contributed by atoms with Gasteiger partial charge in [-0.25, -0.2) is 0 Å². The number of rotatable bonds is 2. The molecule has 0 saturated heterocycles. The van der Waals surface area contributed by atoms with Gasteiger partial charge < -0.3 is 5.11 Å². The largest absolute Gasteiger partial charge is 0.481 e. The van der Waals surface area contributed by atoms with E-state index in [0.29, 0.717) is 12.2 Å². The van der Waals surface area contributed by atoms with Crippen molar-refractivity contribution in [2.24, 2.45) is 0 Å². The monoisotopic (exact) mass is 138 g/mol. The molecule has 0 fully saturated rings. The molecule has 1 N–H and O–H groups in total. The van der Waals surface area contributed by atoms with Crippen molar-refractivity contribution in [1.82, 2.24) is 5.32 Å². The summed E-state index contributed by atoms with van der Waals surface area (Å²) in [7, 11) is 0. The van der Waals surface area contributed by atoms with Crippen molar-refractivity contribution in [3.05, 3.63) is 23.9 Å². The molecule has 1 aliphatic heterocycles. The van der Waals surface area contributed by atoms with Crippen LogP contribution in [0.3, 0.4) is 0 Å². The lowest BCUT2D eigenvalue weighted by Crippen LogP contribution is -2.11. The molecule has 0 unspecified atom stereocenters. The molecule has 0 aliphatic carbocycles. The Hall–Kier alpha value is -1.25. The molecule has 0 spiro atoms. The van der Waals surface area contributed by atoms with E-state index in [1.54, 1.807) is 6.08 Å². The lowest BCUT2D eigenvalue weighted by Gasteiger charge is -2.05. The summed E-state index contributed by atoms with van der Waals surface area (Å²) in [5.41, 5.74) is 0.648. The number of hydrogen-bond acceptors (Lipinski definition) is 1. The minimum Gasteiger partial charge on any atom is -0.481 e. The summed E-state index contributed by atoms with van der Waals surface area (Å²) < 4.78 is 0. The van der Waals surface area contributed by atoms with E-state index in [-0.39, 0.29) is 6.42 Å². The summed E-state index contributed by atoms with van der Waals surface area (Å²) >= 11 is 0. The van der Waals surface area contributed by atoms with Gasteiger partial charge in [0.15, 0.2) is 0 Å². The van der Waals surface area contributed by atoms with Crippen LogP contribution >= 0.6 is 0 Å². The van der Waals surface area contributed by atoms with Gasteiger partial charge >= 0.3 is 5.97 Å². The molecule has 10 heavy (non-hydrogen) atoms. The van der Waals surface area contributed by atoms with Gasteiger partial charge in [0.25, 0.3) is 0 Å². The van der Waals surface area contributed by atoms with Gasteiger partial charge in [0.2, 0.25) is 0 Å². The molecule has 0 aromatic heterocycles. The van der Waals surface area contributed by atoms with E-state index in [4.69, 9.17) is 5.11 Å². The van der Waals surface area contributed by atoms with Gasteiger partial charge in [-0.2, -0.15) is 0 Å². The van der Waals surface area contributed by atoms with Gasteiger partial charge in [0.05, 0.1) is 13.0 Å². The first kappa shape index (κ1) is 6.86. The van der Waals surface area contributed by atoms with E-state index in [1.165, 1.54) is 0 Å². The molecule has 0 aromatic rings. The molecule has 0 bridgehead atoms. The third kappa shape index (κ3) is 1.93. The van der Waals surface area contributed by atoms with Crippen LogP contribution in [-0.4, -0.2) is 17.6 Å². The van der Waals surface area contributed by atoms with E-state index in [1.807, 2.05) is 12.2 Å². The Morgan fingerprint density at radius 3 is 3.10 bits per heavy atom. The predicted octanol–water partition coefficient (Wildman–Crippen LogP) is 0.519. The Labute approximate surface area is 59.0 Å². The van der Waals surface area contributed by atoms with Gasteiger partial charge in [0, 0.05) is 5.70 Å². The predicted molar refractivity (Wildman–Crippen MR) is 36.5 cm³/mol. The van der Waals surface area contributed by atoms with Crippen molar-refractivity contribution in [3.63, 3.8) is 0 Å². The highest BCUT2D eigenvalue weighted by Crippen LogP contribution is 2.02. The topological polar surface area (TPSA) is 51.4 Å². The molecule has 3 heteroatoms. The Morgan fingerprint density at radius 2 is 2.60 bits per heavy atom. The molecular formula is C7H8NO2. The van der Waals surface area contributed by atoms with E-state index in [2.05, 4.69) is 5.32 Å². The SMILES string of the molecule is O=C(O)CC1=CC=CC[N]1. The van der Waals surface area contributed by atoms with Crippen LogP contribution in [0.1, 0.15) is 6.42 Å². The van der Waals surface area contributed by atoms with Gasteiger partial charge in [-0.3, -0.25) is 10.1 Å². The molecule has 53 valence electrons. The third-order valence-corrected chi connectivity index (χ3v) is 1.16. The van der Waals surface area contributed by atoms with Crippen molar-refractivity contribution in [1.29, 1.82) is 0 Å². The summed E-state index contributed by atoms with van der Waals surface area (Å²) in [6.07, 6.45) is 5.46. The van der Waals surface area contributed by atoms with Crippen molar-refractivity contribution in [2.75, 3.05) is 6.54 Å². The maximum atomic E-state index is 10.1. The van der Waals surface area contributed by atoms with Crippen LogP contribution in [0.4, 0.5) is 0 Å². The molecular weight excluding hydrogens is 130 g/mol. The van der Waals surface area contributed by atoms with Gasteiger partial charge in [-0.15, -0.1) is 0 Å². The molecule has 0 atom stereocenters. The number of aliphatic carboxylic acids is 1. The summed E-state index contributed by atoms with van der Waals surface area (Å²) in [5, 5.41) is 12.3. The fourth-order valence-electron chi connectivity index (χ4n) is 0.732. The fraction of sp³-hybridized carbons (Fsp3) is 0.286. The van der Waals surface area contributed by atoms with Crippen molar-refractivity contribution in [3.8, 4) is 0 Å². The van der Waals surface area contributed by atoms with Gasteiger partial charge in [-0.05, 0) is 6.08 Å². The van der Waals surface area contributed by atoms with Crippen molar-refractivity contribution < 1.29 is 9.90 Å². The summed E-state index contributed by atoms with van der Waals surface area (Å²) in [5.74, 6) is -0.828. The maximum absolute atomic E-state index is 10.1.